The van der Waals surface area contributed by atoms with E-state index in [0.717, 1.165) is 42.7 Å². The zero-order valence-corrected chi connectivity index (χ0v) is 12.9. The van der Waals surface area contributed by atoms with Crippen molar-refractivity contribution in [2.45, 2.75) is 31.9 Å². The number of benzene rings is 1. The molecule has 2 rings (SSSR count). The van der Waals surface area contributed by atoms with Gasteiger partial charge in [0.15, 0.2) is 0 Å². The lowest BCUT2D eigenvalue weighted by Crippen LogP contribution is -2.31. The summed E-state index contributed by atoms with van der Waals surface area (Å²) in [6, 6.07) is 8.23. The smallest absolute Gasteiger partial charge is 0.0976 e. The fourth-order valence-corrected chi connectivity index (χ4v) is 2.74. The van der Waals surface area contributed by atoms with Crippen molar-refractivity contribution >= 4 is 15.9 Å². The number of hydrogen-bond donors (Lipinski definition) is 1. The maximum absolute atomic E-state index is 6.21. The standard InChI is InChI=1S/C15H22BrNO2/c1-2-14(17)15(12-4-3-5-13(16)8-12)19-10-11-6-7-18-9-11/h3-5,8,11,14-15H,2,6-7,9-10,17H2,1H3. The van der Waals surface area contributed by atoms with Crippen molar-refractivity contribution in [2.75, 3.05) is 19.8 Å². The zero-order chi connectivity index (χ0) is 13.7. The molecule has 4 heteroatoms. The van der Waals surface area contributed by atoms with Crippen molar-refractivity contribution in [2.24, 2.45) is 11.7 Å². The second-order valence-electron chi connectivity index (χ2n) is 5.11. The van der Waals surface area contributed by atoms with E-state index in [0.29, 0.717) is 5.92 Å². The minimum atomic E-state index is -0.0388. The van der Waals surface area contributed by atoms with Gasteiger partial charge >= 0.3 is 0 Å². The van der Waals surface area contributed by atoms with E-state index in [2.05, 4.69) is 35.0 Å². The molecule has 0 aromatic heterocycles. The summed E-state index contributed by atoms with van der Waals surface area (Å²) in [7, 11) is 0. The third-order valence-corrected chi connectivity index (χ3v) is 4.07. The molecule has 1 aromatic rings. The lowest BCUT2D eigenvalue weighted by atomic mass is 10.0. The third-order valence-electron chi connectivity index (χ3n) is 3.57. The molecule has 3 unspecified atom stereocenters. The van der Waals surface area contributed by atoms with Crippen molar-refractivity contribution in [3.05, 3.63) is 34.3 Å². The van der Waals surface area contributed by atoms with Gasteiger partial charge in [-0.3, -0.25) is 0 Å². The van der Waals surface area contributed by atoms with Crippen molar-refractivity contribution in [3.8, 4) is 0 Å². The molecule has 1 aliphatic heterocycles. The Morgan fingerprint density at radius 3 is 3.00 bits per heavy atom. The molecule has 0 bridgehead atoms. The van der Waals surface area contributed by atoms with Crippen LogP contribution in [0.3, 0.4) is 0 Å². The number of nitrogens with two attached hydrogens (primary N) is 1. The van der Waals surface area contributed by atoms with Crippen LogP contribution in [0.2, 0.25) is 0 Å². The second kappa shape index (κ2) is 7.39. The average molecular weight is 328 g/mol. The van der Waals surface area contributed by atoms with Gasteiger partial charge in [-0.25, -0.2) is 0 Å². The predicted octanol–water partition coefficient (Wildman–Crippen LogP) is 3.28. The molecule has 3 nitrogen and oxygen atoms in total. The van der Waals surface area contributed by atoms with Crippen LogP contribution >= 0.6 is 15.9 Å². The monoisotopic (exact) mass is 327 g/mol. The average Bonchev–Trinajstić information content (AvgIpc) is 2.92. The highest BCUT2D eigenvalue weighted by atomic mass is 79.9. The molecule has 0 amide bonds. The van der Waals surface area contributed by atoms with Gasteiger partial charge in [0, 0.05) is 23.0 Å². The maximum atomic E-state index is 6.21. The molecule has 1 saturated heterocycles. The molecular formula is C15H22BrNO2. The van der Waals surface area contributed by atoms with Crippen LogP contribution < -0.4 is 5.73 Å². The molecule has 0 spiro atoms. The van der Waals surface area contributed by atoms with Crippen molar-refractivity contribution in [1.82, 2.24) is 0 Å². The minimum absolute atomic E-state index is 0.0246. The lowest BCUT2D eigenvalue weighted by molar-refractivity contribution is 0.00945. The molecule has 0 saturated carbocycles. The Morgan fingerprint density at radius 2 is 2.37 bits per heavy atom. The molecule has 0 radical (unpaired) electrons. The van der Waals surface area contributed by atoms with Gasteiger partial charge in [-0.15, -0.1) is 0 Å². The fraction of sp³-hybridized carbons (Fsp3) is 0.600. The Kier molecular flexibility index (Phi) is 5.82. The molecule has 19 heavy (non-hydrogen) atoms. The summed E-state index contributed by atoms with van der Waals surface area (Å²) in [5.74, 6) is 0.513. The van der Waals surface area contributed by atoms with E-state index in [1.54, 1.807) is 0 Å². The van der Waals surface area contributed by atoms with E-state index in [9.17, 15) is 0 Å². The molecule has 2 N–H and O–H groups in total. The van der Waals surface area contributed by atoms with Crippen LogP contribution in [0.1, 0.15) is 31.4 Å². The van der Waals surface area contributed by atoms with E-state index in [4.69, 9.17) is 15.2 Å². The first-order valence-electron chi connectivity index (χ1n) is 6.91. The first-order valence-corrected chi connectivity index (χ1v) is 7.70. The van der Waals surface area contributed by atoms with Crippen molar-refractivity contribution < 1.29 is 9.47 Å². The fourth-order valence-electron chi connectivity index (χ4n) is 2.32. The van der Waals surface area contributed by atoms with E-state index < -0.39 is 0 Å². The van der Waals surface area contributed by atoms with E-state index in [1.165, 1.54) is 0 Å². The molecule has 3 atom stereocenters. The minimum Gasteiger partial charge on any atom is -0.381 e. The molecule has 1 heterocycles. The first kappa shape index (κ1) is 15.0. The Morgan fingerprint density at radius 1 is 1.53 bits per heavy atom. The third kappa shape index (κ3) is 4.28. The normalized spacial score (nSPS) is 22.4. The summed E-state index contributed by atoms with van der Waals surface area (Å²) in [6.07, 6.45) is 1.95. The number of hydrogen-bond acceptors (Lipinski definition) is 3. The Bertz CT molecular complexity index is 393. The number of halogens is 1. The van der Waals surface area contributed by atoms with Crippen molar-refractivity contribution in [3.63, 3.8) is 0 Å². The maximum Gasteiger partial charge on any atom is 0.0976 e. The summed E-state index contributed by atoms with van der Waals surface area (Å²) in [4.78, 5) is 0. The van der Waals surface area contributed by atoms with Crippen LogP contribution in [-0.2, 0) is 9.47 Å². The second-order valence-corrected chi connectivity index (χ2v) is 6.03. The summed E-state index contributed by atoms with van der Waals surface area (Å²) in [6.45, 7) is 4.49. The van der Waals surface area contributed by atoms with E-state index >= 15 is 0 Å². The summed E-state index contributed by atoms with van der Waals surface area (Å²) in [5, 5.41) is 0. The summed E-state index contributed by atoms with van der Waals surface area (Å²) in [5.41, 5.74) is 7.35. The van der Waals surface area contributed by atoms with Crippen molar-refractivity contribution in [1.29, 1.82) is 0 Å². The van der Waals surface area contributed by atoms with Gasteiger partial charge in [-0.05, 0) is 30.5 Å². The van der Waals surface area contributed by atoms with Gasteiger partial charge in [-0.1, -0.05) is 35.0 Å². The molecule has 106 valence electrons. The van der Waals surface area contributed by atoms with Crippen LogP contribution in [-0.4, -0.2) is 25.9 Å². The van der Waals surface area contributed by atoms with Gasteiger partial charge in [0.05, 0.1) is 19.3 Å². The van der Waals surface area contributed by atoms with E-state index in [-0.39, 0.29) is 12.1 Å². The van der Waals surface area contributed by atoms with Gasteiger partial charge in [0.25, 0.3) is 0 Å². The van der Waals surface area contributed by atoms with Gasteiger partial charge in [-0.2, -0.15) is 0 Å². The molecule has 1 aromatic carbocycles. The predicted molar refractivity (Wildman–Crippen MR) is 80.0 cm³/mol. The zero-order valence-electron chi connectivity index (χ0n) is 11.3. The number of ether oxygens (including phenoxy) is 2. The van der Waals surface area contributed by atoms with Gasteiger partial charge < -0.3 is 15.2 Å². The summed E-state index contributed by atoms with van der Waals surface area (Å²) < 4.78 is 12.5. The van der Waals surface area contributed by atoms with Crippen LogP contribution in [0.25, 0.3) is 0 Å². The SMILES string of the molecule is CCC(N)C(OCC1CCOC1)c1cccc(Br)c1. The van der Waals surface area contributed by atoms with Crippen LogP contribution in [0.5, 0.6) is 0 Å². The van der Waals surface area contributed by atoms with Gasteiger partial charge in [0.1, 0.15) is 0 Å². The Balaban J connectivity index is 2.02. The highest BCUT2D eigenvalue weighted by molar-refractivity contribution is 9.10. The van der Waals surface area contributed by atoms with Crippen LogP contribution in [0, 0.1) is 5.92 Å². The highest BCUT2D eigenvalue weighted by Gasteiger charge is 2.23. The molecule has 0 aliphatic carbocycles. The Hall–Kier alpha value is -0.420. The topological polar surface area (TPSA) is 44.5 Å². The molecule has 1 fully saturated rings. The molecule has 1 aliphatic rings. The van der Waals surface area contributed by atoms with E-state index in [1.807, 2.05) is 12.1 Å². The first-order chi connectivity index (χ1) is 9.20. The van der Waals surface area contributed by atoms with Crippen LogP contribution in [0.15, 0.2) is 28.7 Å². The lowest BCUT2D eigenvalue weighted by Gasteiger charge is -2.25. The van der Waals surface area contributed by atoms with Gasteiger partial charge in [0.2, 0.25) is 0 Å². The largest absolute Gasteiger partial charge is 0.381 e. The van der Waals surface area contributed by atoms with Crippen LogP contribution in [0.4, 0.5) is 0 Å². The highest BCUT2D eigenvalue weighted by Crippen LogP contribution is 2.26. The summed E-state index contributed by atoms with van der Waals surface area (Å²) >= 11 is 3.50. The Labute approximate surface area is 123 Å². The number of rotatable bonds is 6. The molecular weight excluding hydrogens is 306 g/mol. The quantitative estimate of drug-likeness (QED) is 0.872.